The number of fused-ring (bicyclic) bond motifs is 1. The third kappa shape index (κ3) is 5.59. The van der Waals surface area contributed by atoms with Gasteiger partial charge in [0.05, 0.1) is 27.4 Å². The van der Waals surface area contributed by atoms with Gasteiger partial charge in [0.2, 0.25) is 10.0 Å². The second-order valence-electron chi connectivity index (χ2n) is 8.48. The second-order valence-corrected chi connectivity index (χ2v) is 12.0. The minimum Gasteiger partial charge on any atom is -0.278 e. The molecular weight excluding hydrogens is 516 g/mol. The van der Waals surface area contributed by atoms with Crippen molar-refractivity contribution in [2.45, 2.75) is 38.1 Å². The van der Waals surface area contributed by atoms with Crippen LogP contribution in [0, 0.1) is 6.92 Å². The lowest BCUT2D eigenvalue weighted by Gasteiger charge is -2.20. The Hall–Kier alpha value is -2.85. The molecule has 0 spiro atoms. The third-order valence-corrected chi connectivity index (χ3v) is 8.91. The Kier molecular flexibility index (Phi) is 8.04. The summed E-state index contributed by atoms with van der Waals surface area (Å²) in [6.45, 7) is 4.60. The van der Waals surface area contributed by atoms with E-state index in [1.165, 1.54) is 27.8 Å². The van der Waals surface area contributed by atoms with Crippen molar-refractivity contribution < 1.29 is 13.2 Å². The fourth-order valence-electron chi connectivity index (χ4n) is 3.74. The van der Waals surface area contributed by atoms with E-state index in [2.05, 4.69) is 4.98 Å². The minimum atomic E-state index is -3.63. The molecule has 1 amide bonds. The number of amides is 1. The van der Waals surface area contributed by atoms with Crippen molar-refractivity contribution in [3.63, 3.8) is 0 Å². The number of benzene rings is 2. The van der Waals surface area contributed by atoms with Gasteiger partial charge in [-0.1, -0.05) is 42.3 Å². The Bertz CT molecular complexity index is 1470. The maximum absolute atomic E-state index is 13.7. The van der Waals surface area contributed by atoms with Crippen LogP contribution in [-0.4, -0.2) is 42.2 Å². The number of carbonyl (C=O) groups is 1. The third-order valence-electron chi connectivity index (χ3n) is 5.80. The van der Waals surface area contributed by atoms with Crippen molar-refractivity contribution in [1.82, 2.24) is 14.3 Å². The largest absolute Gasteiger partial charge is 0.278 e. The molecule has 0 radical (unpaired) electrons. The van der Waals surface area contributed by atoms with Crippen LogP contribution in [0.4, 0.5) is 5.13 Å². The summed E-state index contributed by atoms with van der Waals surface area (Å²) >= 11 is 7.61. The normalized spacial score (nSPS) is 11.8. The van der Waals surface area contributed by atoms with E-state index < -0.39 is 10.0 Å². The molecule has 7 nitrogen and oxygen atoms in total. The van der Waals surface area contributed by atoms with Gasteiger partial charge in [-0.25, -0.2) is 17.7 Å². The molecule has 0 saturated heterocycles. The molecule has 4 aromatic rings. The Labute approximate surface area is 220 Å². The van der Waals surface area contributed by atoms with E-state index in [-0.39, 0.29) is 17.3 Å². The maximum Gasteiger partial charge on any atom is 0.260 e. The number of halogens is 1. The number of carbonyl (C=O) groups excluding carboxylic acids is 1. The molecule has 36 heavy (non-hydrogen) atoms. The number of thiazole rings is 1. The summed E-state index contributed by atoms with van der Waals surface area (Å²) in [6, 6.07) is 15.2. The van der Waals surface area contributed by atoms with Gasteiger partial charge >= 0.3 is 0 Å². The molecule has 0 bridgehead atoms. The fraction of sp³-hybridized carbons (Fsp3) is 0.269. The van der Waals surface area contributed by atoms with E-state index >= 15 is 0 Å². The standard InChI is InChI=1S/C26H27ClN4O3S2/c1-4-5-14-30(3)36(33,34)22-11-9-19(10-12-22)25(32)31(17-21-8-6-7-13-28-21)26-29-24-18(2)15-20(27)16-23(24)35-26/h6-13,15-16H,4-5,14,17H2,1-3H3. The summed E-state index contributed by atoms with van der Waals surface area (Å²) in [5.41, 5.74) is 2.77. The first-order valence-corrected chi connectivity index (χ1v) is 14.2. The van der Waals surface area contributed by atoms with Gasteiger partial charge in [-0.15, -0.1) is 0 Å². The number of nitrogens with zero attached hydrogens (tertiary/aromatic N) is 4. The van der Waals surface area contributed by atoms with Gasteiger partial charge in [-0.05, 0) is 67.4 Å². The van der Waals surface area contributed by atoms with Crippen molar-refractivity contribution in [2.24, 2.45) is 0 Å². The number of sulfonamides is 1. The summed E-state index contributed by atoms with van der Waals surface area (Å²) in [5, 5.41) is 1.13. The number of pyridine rings is 1. The maximum atomic E-state index is 13.7. The zero-order valence-corrected chi connectivity index (χ0v) is 22.7. The van der Waals surface area contributed by atoms with Gasteiger partial charge in [0.1, 0.15) is 0 Å². The van der Waals surface area contributed by atoms with Gasteiger partial charge in [0.15, 0.2) is 5.13 Å². The molecule has 0 N–H and O–H groups in total. The quantitative estimate of drug-likeness (QED) is 0.262. The van der Waals surface area contributed by atoms with E-state index in [1.807, 2.05) is 44.2 Å². The number of rotatable bonds is 9. The lowest BCUT2D eigenvalue weighted by molar-refractivity contribution is 0.0984. The molecule has 2 aromatic heterocycles. The van der Waals surface area contributed by atoms with Crippen LogP contribution in [0.3, 0.4) is 0 Å². The number of hydrogen-bond acceptors (Lipinski definition) is 6. The molecule has 0 unspecified atom stereocenters. The first kappa shape index (κ1) is 26.2. The van der Waals surface area contributed by atoms with E-state index in [9.17, 15) is 13.2 Å². The van der Waals surface area contributed by atoms with Gasteiger partial charge in [-0.2, -0.15) is 0 Å². The number of anilines is 1. The predicted octanol–water partition coefficient (Wildman–Crippen LogP) is 5.92. The highest BCUT2D eigenvalue weighted by Gasteiger charge is 2.25. The monoisotopic (exact) mass is 542 g/mol. The predicted molar refractivity (Wildman–Crippen MR) is 145 cm³/mol. The van der Waals surface area contributed by atoms with Crippen LogP contribution >= 0.6 is 22.9 Å². The molecule has 0 aliphatic heterocycles. The molecule has 0 fully saturated rings. The number of hydrogen-bond donors (Lipinski definition) is 0. The van der Waals surface area contributed by atoms with Crippen LogP contribution < -0.4 is 4.90 Å². The van der Waals surface area contributed by atoms with Crippen molar-refractivity contribution in [3.8, 4) is 0 Å². The smallest absolute Gasteiger partial charge is 0.260 e. The molecule has 0 saturated carbocycles. The highest BCUT2D eigenvalue weighted by molar-refractivity contribution is 7.89. The van der Waals surface area contributed by atoms with Crippen molar-refractivity contribution in [1.29, 1.82) is 0 Å². The molecule has 2 aromatic carbocycles. The minimum absolute atomic E-state index is 0.152. The molecule has 4 rings (SSSR count). The highest BCUT2D eigenvalue weighted by atomic mass is 35.5. The Morgan fingerprint density at radius 1 is 1.11 bits per heavy atom. The van der Waals surface area contributed by atoms with Gasteiger partial charge in [0.25, 0.3) is 5.91 Å². The van der Waals surface area contributed by atoms with Crippen LogP contribution in [0.1, 0.15) is 41.4 Å². The Balaban J connectivity index is 1.68. The van der Waals surface area contributed by atoms with E-state index in [0.717, 1.165) is 28.6 Å². The van der Waals surface area contributed by atoms with Crippen LogP contribution in [0.2, 0.25) is 5.02 Å². The van der Waals surface area contributed by atoms with Crippen LogP contribution in [0.5, 0.6) is 0 Å². The first-order chi connectivity index (χ1) is 17.2. The highest BCUT2D eigenvalue weighted by Crippen LogP contribution is 2.34. The SMILES string of the molecule is CCCCN(C)S(=O)(=O)c1ccc(C(=O)N(Cc2ccccn2)c2nc3c(C)cc(Cl)cc3s2)cc1. The van der Waals surface area contributed by atoms with Crippen molar-refractivity contribution >= 4 is 54.2 Å². The van der Waals surface area contributed by atoms with Crippen molar-refractivity contribution in [2.75, 3.05) is 18.5 Å². The van der Waals surface area contributed by atoms with Crippen molar-refractivity contribution in [3.05, 3.63) is 82.6 Å². The van der Waals surface area contributed by atoms with E-state index in [1.54, 1.807) is 30.3 Å². The first-order valence-electron chi connectivity index (χ1n) is 11.6. The van der Waals surface area contributed by atoms with E-state index in [4.69, 9.17) is 16.6 Å². The Morgan fingerprint density at radius 3 is 2.53 bits per heavy atom. The summed E-state index contributed by atoms with van der Waals surface area (Å²) in [4.78, 5) is 24.5. The van der Waals surface area contributed by atoms with Gasteiger partial charge in [-0.3, -0.25) is 14.7 Å². The lowest BCUT2D eigenvalue weighted by Crippen LogP contribution is -2.31. The summed E-state index contributed by atoms with van der Waals surface area (Å²) in [7, 11) is -2.06. The summed E-state index contributed by atoms with van der Waals surface area (Å²) < 4.78 is 28.0. The molecule has 2 heterocycles. The molecule has 0 aliphatic rings. The number of aromatic nitrogens is 2. The van der Waals surface area contributed by atoms with E-state index in [0.29, 0.717) is 28.0 Å². The topological polar surface area (TPSA) is 83.5 Å². The lowest BCUT2D eigenvalue weighted by atomic mass is 10.2. The number of unbranched alkanes of at least 4 members (excludes halogenated alkanes) is 1. The second kappa shape index (κ2) is 11.0. The molecule has 0 atom stereocenters. The van der Waals surface area contributed by atoms with Gasteiger partial charge < -0.3 is 0 Å². The number of aryl methyl sites for hydroxylation is 1. The van der Waals surface area contributed by atoms with Gasteiger partial charge in [0, 0.05) is 30.4 Å². The van der Waals surface area contributed by atoms with Crippen LogP contribution in [0.25, 0.3) is 10.2 Å². The summed E-state index contributed by atoms with van der Waals surface area (Å²) in [6.07, 6.45) is 3.35. The molecular formula is C26H27ClN4O3S2. The van der Waals surface area contributed by atoms with Crippen LogP contribution in [0.15, 0.2) is 65.7 Å². The average Bonchev–Trinajstić information content (AvgIpc) is 3.30. The zero-order chi connectivity index (χ0) is 25.9. The Morgan fingerprint density at radius 2 is 1.86 bits per heavy atom. The zero-order valence-electron chi connectivity index (χ0n) is 20.3. The molecule has 10 heteroatoms. The summed E-state index contributed by atoms with van der Waals surface area (Å²) in [5.74, 6) is -0.299. The fourth-order valence-corrected chi connectivity index (χ4v) is 6.37. The van der Waals surface area contributed by atoms with Crippen LogP contribution in [-0.2, 0) is 16.6 Å². The average molecular weight is 543 g/mol. The molecule has 188 valence electrons. The molecule has 0 aliphatic carbocycles.